The SMILES string of the molecule is Cc1cccc(N(c2ccc3ccc(-c4ccc5c(-c6ccccc6)c6c(c(-c7ccccc7)c5c4)-c4ccc(-c5ccccc5)c5cccc-6c45)cc3c2)c2ccc3cc(N(c4cccc(C)c4)c4ccc5ccccc5c4)c4ccccc4c3c2)c1. The van der Waals surface area contributed by atoms with Crippen LogP contribution in [0.4, 0.5) is 34.1 Å². The van der Waals surface area contributed by atoms with Crippen molar-refractivity contribution >= 4 is 98.8 Å². The van der Waals surface area contributed by atoms with Crippen LogP contribution < -0.4 is 9.80 Å². The molecule has 0 spiro atoms. The van der Waals surface area contributed by atoms with Gasteiger partial charge in [-0.15, -0.1) is 0 Å². The molecule has 0 aromatic heterocycles. The van der Waals surface area contributed by atoms with Gasteiger partial charge < -0.3 is 9.80 Å². The van der Waals surface area contributed by atoms with E-state index in [1.807, 2.05) is 0 Å². The Kier molecular flexibility index (Phi) is 12.0. The van der Waals surface area contributed by atoms with E-state index in [2.05, 4.69) is 339 Å². The Labute approximate surface area is 512 Å². The van der Waals surface area contributed by atoms with Crippen molar-refractivity contribution in [1.82, 2.24) is 0 Å². The molecule has 17 rings (SSSR count). The quantitative estimate of drug-likeness (QED) is 0.126. The summed E-state index contributed by atoms with van der Waals surface area (Å²) in [5.41, 5.74) is 24.1. The van der Waals surface area contributed by atoms with Crippen molar-refractivity contribution in [3.63, 3.8) is 0 Å². The van der Waals surface area contributed by atoms with Crippen molar-refractivity contribution in [1.29, 1.82) is 0 Å². The van der Waals surface area contributed by atoms with Gasteiger partial charge in [0, 0.05) is 33.8 Å². The summed E-state index contributed by atoms with van der Waals surface area (Å²) in [6, 6.07) is 117. The molecule has 88 heavy (non-hydrogen) atoms. The molecular formula is C86H58N2. The molecule has 16 aromatic rings. The standard InChI is InChI=1S/C86H58N2/c1-55-19-16-29-67(47-55)87(71-43-39-65-53-81(74-32-15-14-31-73(74)79(65)54-71)88(68-30-17-20-56(2)48-68)70-42-37-57-21-12-13-28-62(57)50-70)69-41-38-58-35-36-63(49-66(58)51-69)64-40-44-76-80(52-64)83(61-26-10-5-11-27-61)86-78-46-45-72(59-22-6-3-7-23-59)75-33-18-34-77(84(75)78)85(86)82(76)60-24-8-4-9-25-60/h3-54H,1-2H3. The Hall–Kier alpha value is -11.3. The van der Waals surface area contributed by atoms with Crippen LogP contribution in [0.5, 0.6) is 0 Å². The first-order chi connectivity index (χ1) is 43.5. The molecule has 0 aliphatic heterocycles. The smallest absolute Gasteiger partial charge is 0.0546 e. The Balaban J connectivity index is 0.823. The fourth-order valence-corrected chi connectivity index (χ4v) is 14.4. The molecule has 0 saturated carbocycles. The van der Waals surface area contributed by atoms with Crippen LogP contribution in [0.2, 0.25) is 0 Å². The third-order valence-electron chi connectivity index (χ3n) is 18.3. The number of hydrogen-bond acceptors (Lipinski definition) is 2. The highest BCUT2D eigenvalue weighted by Gasteiger charge is 2.32. The fraction of sp³-hybridized carbons (Fsp3) is 0.0233. The maximum absolute atomic E-state index is 2.47. The van der Waals surface area contributed by atoms with Crippen LogP contribution in [0.3, 0.4) is 0 Å². The molecule has 2 nitrogen and oxygen atoms in total. The lowest BCUT2D eigenvalue weighted by molar-refractivity contribution is 1.28. The monoisotopic (exact) mass is 1120 g/mol. The number of anilines is 6. The molecule has 0 saturated heterocycles. The molecule has 0 N–H and O–H groups in total. The van der Waals surface area contributed by atoms with Gasteiger partial charge in [0.1, 0.15) is 0 Å². The number of benzene rings is 16. The van der Waals surface area contributed by atoms with E-state index in [1.54, 1.807) is 0 Å². The van der Waals surface area contributed by atoms with Crippen LogP contribution in [-0.4, -0.2) is 0 Å². The average Bonchev–Trinajstić information content (AvgIpc) is 1.56. The highest BCUT2D eigenvalue weighted by molar-refractivity contribution is 6.29. The average molecular weight is 1120 g/mol. The number of fused-ring (bicyclic) bond motifs is 9. The van der Waals surface area contributed by atoms with Crippen LogP contribution in [0.1, 0.15) is 11.1 Å². The summed E-state index contributed by atoms with van der Waals surface area (Å²) >= 11 is 0. The highest BCUT2D eigenvalue weighted by Crippen LogP contribution is 2.59. The second-order valence-electron chi connectivity index (χ2n) is 23.7. The van der Waals surface area contributed by atoms with Crippen LogP contribution in [0, 0.1) is 13.8 Å². The summed E-state index contributed by atoms with van der Waals surface area (Å²) in [5.74, 6) is 0. The molecule has 1 aliphatic carbocycles. The van der Waals surface area contributed by atoms with E-state index in [0.29, 0.717) is 0 Å². The third kappa shape index (κ3) is 8.48. The Morgan fingerprint density at radius 2 is 0.693 bits per heavy atom. The molecule has 1 aliphatic rings. The highest BCUT2D eigenvalue weighted by atomic mass is 15.1. The maximum atomic E-state index is 2.47. The fourth-order valence-electron chi connectivity index (χ4n) is 14.4. The van der Waals surface area contributed by atoms with Gasteiger partial charge in [-0.25, -0.2) is 0 Å². The van der Waals surface area contributed by atoms with E-state index in [9.17, 15) is 0 Å². The number of aryl methyl sites for hydroxylation is 2. The van der Waals surface area contributed by atoms with Crippen LogP contribution in [0.15, 0.2) is 315 Å². The number of nitrogens with zero attached hydrogens (tertiary/aromatic N) is 2. The molecule has 412 valence electrons. The van der Waals surface area contributed by atoms with Crippen LogP contribution >= 0.6 is 0 Å². The maximum Gasteiger partial charge on any atom is 0.0546 e. The minimum absolute atomic E-state index is 1.09. The third-order valence-corrected chi connectivity index (χ3v) is 18.3. The molecule has 0 unspecified atom stereocenters. The first-order valence-corrected chi connectivity index (χ1v) is 30.5. The second kappa shape index (κ2) is 20.7. The van der Waals surface area contributed by atoms with Gasteiger partial charge in [-0.05, 0) is 230 Å². The minimum atomic E-state index is 1.09. The van der Waals surface area contributed by atoms with E-state index >= 15 is 0 Å². The topological polar surface area (TPSA) is 6.48 Å². The molecular weight excluding hydrogens is 1060 g/mol. The van der Waals surface area contributed by atoms with Crippen molar-refractivity contribution in [3.05, 3.63) is 327 Å². The Morgan fingerprint density at radius 1 is 0.205 bits per heavy atom. The Bertz CT molecular complexity index is 5470. The van der Waals surface area contributed by atoms with E-state index < -0.39 is 0 Å². The number of hydrogen-bond donors (Lipinski definition) is 0. The lowest BCUT2D eigenvalue weighted by atomic mass is 9.81. The van der Waals surface area contributed by atoms with Crippen LogP contribution in [-0.2, 0) is 0 Å². The zero-order valence-corrected chi connectivity index (χ0v) is 48.9. The zero-order chi connectivity index (χ0) is 58.4. The lowest BCUT2D eigenvalue weighted by Crippen LogP contribution is -2.11. The Morgan fingerprint density at radius 3 is 1.40 bits per heavy atom. The van der Waals surface area contributed by atoms with Gasteiger partial charge in [0.15, 0.2) is 0 Å². The van der Waals surface area contributed by atoms with Crippen LogP contribution in [0.25, 0.3) is 131 Å². The van der Waals surface area contributed by atoms with Crippen molar-refractivity contribution in [2.24, 2.45) is 0 Å². The minimum Gasteiger partial charge on any atom is -0.310 e. The van der Waals surface area contributed by atoms with Crippen molar-refractivity contribution in [2.75, 3.05) is 9.80 Å². The van der Waals surface area contributed by atoms with Gasteiger partial charge >= 0.3 is 0 Å². The summed E-state index contributed by atoms with van der Waals surface area (Å²) < 4.78 is 0. The molecule has 0 heterocycles. The first kappa shape index (κ1) is 51.1. The molecule has 0 atom stereocenters. The lowest BCUT2D eigenvalue weighted by Gasteiger charge is -2.29. The van der Waals surface area contributed by atoms with Crippen molar-refractivity contribution in [3.8, 4) is 66.8 Å². The molecule has 0 amide bonds. The van der Waals surface area contributed by atoms with Gasteiger partial charge in [0.2, 0.25) is 0 Å². The molecule has 2 heteroatoms. The molecule has 0 fully saturated rings. The van der Waals surface area contributed by atoms with Gasteiger partial charge in [-0.3, -0.25) is 0 Å². The summed E-state index contributed by atoms with van der Waals surface area (Å²) in [6.45, 7) is 4.36. The van der Waals surface area contributed by atoms with E-state index in [1.165, 1.54) is 143 Å². The van der Waals surface area contributed by atoms with Gasteiger partial charge in [0.05, 0.1) is 5.69 Å². The van der Waals surface area contributed by atoms with Gasteiger partial charge in [0.25, 0.3) is 0 Å². The molecule has 0 bridgehead atoms. The van der Waals surface area contributed by atoms with E-state index in [-0.39, 0.29) is 0 Å². The normalized spacial score (nSPS) is 11.8. The predicted octanol–water partition coefficient (Wildman–Crippen LogP) is 24.5. The molecule has 16 aromatic carbocycles. The predicted molar refractivity (Wildman–Crippen MR) is 376 cm³/mol. The van der Waals surface area contributed by atoms with Gasteiger partial charge in [-0.1, -0.05) is 237 Å². The second-order valence-corrected chi connectivity index (χ2v) is 23.7. The van der Waals surface area contributed by atoms with Crippen molar-refractivity contribution in [2.45, 2.75) is 13.8 Å². The van der Waals surface area contributed by atoms with Crippen molar-refractivity contribution < 1.29 is 0 Å². The summed E-state index contributed by atoms with van der Waals surface area (Å²) in [6.07, 6.45) is 0. The summed E-state index contributed by atoms with van der Waals surface area (Å²) in [4.78, 5) is 4.87. The molecule has 0 radical (unpaired) electrons. The summed E-state index contributed by atoms with van der Waals surface area (Å²) in [5, 5.41) is 14.6. The summed E-state index contributed by atoms with van der Waals surface area (Å²) in [7, 11) is 0. The largest absolute Gasteiger partial charge is 0.310 e. The van der Waals surface area contributed by atoms with E-state index in [4.69, 9.17) is 0 Å². The van der Waals surface area contributed by atoms with E-state index in [0.717, 1.165) is 34.1 Å². The first-order valence-electron chi connectivity index (χ1n) is 30.5. The van der Waals surface area contributed by atoms with Gasteiger partial charge in [-0.2, -0.15) is 0 Å². The zero-order valence-electron chi connectivity index (χ0n) is 48.9. The number of rotatable bonds is 10.